The Bertz CT molecular complexity index is 251. The molecule has 0 bridgehead atoms. The van der Waals surface area contributed by atoms with Gasteiger partial charge in [0.15, 0.2) is 0 Å². The van der Waals surface area contributed by atoms with Crippen molar-refractivity contribution in [2.45, 2.75) is 58.5 Å². The largest absolute Gasteiger partial charge is 0.302 e. The number of nitrogens with one attached hydrogen (secondary N) is 1. The molecule has 0 saturated carbocycles. The maximum absolute atomic E-state index is 3.75. The van der Waals surface area contributed by atoms with E-state index in [-0.39, 0.29) is 11.1 Å². The van der Waals surface area contributed by atoms with Crippen LogP contribution in [0.3, 0.4) is 0 Å². The third-order valence-corrected chi connectivity index (χ3v) is 4.20. The second-order valence-corrected chi connectivity index (χ2v) is 6.26. The maximum Gasteiger partial charge on any atom is 0.0440 e. The lowest BCUT2D eigenvalue weighted by Crippen LogP contribution is -2.51. The maximum atomic E-state index is 3.75. The van der Waals surface area contributed by atoms with Crippen LogP contribution in [0.4, 0.5) is 0 Å². The van der Waals surface area contributed by atoms with Crippen LogP contribution in [-0.4, -0.2) is 17.3 Å². The number of hydrogen-bond acceptors (Lipinski definition) is 2. The summed E-state index contributed by atoms with van der Waals surface area (Å²) in [6.45, 7) is 11.4. The molecular formula is C12H23NS. The van der Waals surface area contributed by atoms with E-state index in [1.165, 1.54) is 17.7 Å². The topological polar surface area (TPSA) is 12.0 Å². The summed E-state index contributed by atoms with van der Waals surface area (Å²) in [4.78, 5) is 1.52. The Kier molecular flexibility index (Phi) is 3.37. The molecule has 1 heterocycles. The van der Waals surface area contributed by atoms with Crippen molar-refractivity contribution in [3.8, 4) is 0 Å². The van der Waals surface area contributed by atoms with Gasteiger partial charge in [0.05, 0.1) is 0 Å². The molecule has 1 rings (SSSR count). The average molecular weight is 213 g/mol. The Balaban J connectivity index is 3.03. The SMILES string of the molecule is CSC1=C(C)CCC(C)(C)NC1(C)C. The highest BCUT2D eigenvalue weighted by Crippen LogP contribution is 2.36. The van der Waals surface area contributed by atoms with Gasteiger partial charge in [-0.1, -0.05) is 5.57 Å². The molecule has 0 aromatic rings. The van der Waals surface area contributed by atoms with E-state index >= 15 is 0 Å². The van der Waals surface area contributed by atoms with Crippen molar-refractivity contribution in [1.29, 1.82) is 0 Å². The highest BCUT2D eigenvalue weighted by Gasteiger charge is 2.33. The Morgan fingerprint density at radius 1 is 1.21 bits per heavy atom. The van der Waals surface area contributed by atoms with Crippen molar-refractivity contribution < 1.29 is 0 Å². The summed E-state index contributed by atoms with van der Waals surface area (Å²) in [6, 6.07) is 0. The van der Waals surface area contributed by atoms with Gasteiger partial charge in [-0.15, -0.1) is 11.8 Å². The van der Waals surface area contributed by atoms with Crippen LogP contribution < -0.4 is 5.32 Å². The normalized spacial score (nSPS) is 26.1. The molecule has 0 aromatic heterocycles. The first-order valence-electron chi connectivity index (χ1n) is 5.32. The van der Waals surface area contributed by atoms with E-state index in [0.29, 0.717) is 0 Å². The highest BCUT2D eigenvalue weighted by molar-refractivity contribution is 8.02. The van der Waals surface area contributed by atoms with Crippen molar-refractivity contribution in [2.24, 2.45) is 0 Å². The van der Waals surface area contributed by atoms with Crippen molar-refractivity contribution in [1.82, 2.24) is 5.32 Å². The third kappa shape index (κ3) is 2.54. The lowest BCUT2D eigenvalue weighted by Gasteiger charge is -2.36. The molecule has 0 radical (unpaired) electrons. The van der Waals surface area contributed by atoms with E-state index in [0.717, 1.165) is 0 Å². The summed E-state index contributed by atoms with van der Waals surface area (Å²) in [5.41, 5.74) is 1.94. The zero-order valence-electron chi connectivity index (χ0n) is 10.3. The lowest BCUT2D eigenvalue weighted by atomic mass is 9.96. The summed E-state index contributed by atoms with van der Waals surface area (Å²) < 4.78 is 0. The quantitative estimate of drug-likeness (QED) is 0.715. The predicted molar refractivity (Wildman–Crippen MR) is 66.7 cm³/mol. The van der Waals surface area contributed by atoms with Crippen molar-refractivity contribution in [3.05, 3.63) is 10.5 Å². The number of rotatable bonds is 1. The van der Waals surface area contributed by atoms with Gasteiger partial charge < -0.3 is 5.32 Å². The standard InChI is InChI=1S/C12H23NS/c1-9-7-8-11(2,3)13-12(4,5)10(9)14-6/h13H,7-8H2,1-6H3. The number of allylic oxidation sites excluding steroid dienone is 1. The van der Waals surface area contributed by atoms with Crippen molar-refractivity contribution >= 4 is 11.8 Å². The van der Waals surface area contributed by atoms with Crippen LogP contribution in [0.25, 0.3) is 0 Å². The zero-order valence-corrected chi connectivity index (χ0v) is 11.1. The van der Waals surface area contributed by atoms with Crippen LogP contribution >= 0.6 is 11.8 Å². The number of hydrogen-bond donors (Lipinski definition) is 1. The Labute approximate surface area is 92.7 Å². The first kappa shape index (κ1) is 12.1. The minimum absolute atomic E-state index is 0.128. The molecule has 0 aliphatic carbocycles. The molecule has 82 valence electrons. The average Bonchev–Trinajstić information content (AvgIpc) is 2.05. The fourth-order valence-corrected chi connectivity index (χ4v) is 3.55. The molecule has 0 fully saturated rings. The molecule has 0 atom stereocenters. The van der Waals surface area contributed by atoms with Gasteiger partial charge in [-0.25, -0.2) is 0 Å². The minimum atomic E-state index is 0.128. The summed E-state index contributed by atoms with van der Waals surface area (Å²) in [5.74, 6) is 0. The molecule has 0 amide bonds. The molecule has 1 aliphatic rings. The Morgan fingerprint density at radius 3 is 2.29 bits per heavy atom. The van der Waals surface area contributed by atoms with Crippen LogP contribution in [0.1, 0.15) is 47.5 Å². The van der Waals surface area contributed by atoms with Gasteiger partial charge in [0.1, 0.15) is 0 Å². The highest BCUT2D eigenvalue weighted by atomic mass is 32.2. The van der Waals surface area contributed by atoms with E-state index < -0.39 is 0 Å². The molecule has 0 aromatic carbocycles. The zero-order chi connectivity index (χ0) is 11.0. The first-order valence-corrected chi connectivity index (χ1v) is 6.54. The summed E-state index contributed by atoms with van der Waals surface area (Å²) in [7, 11) is 0. The molecule has 1 aliphatic heterocycles. The van der Waals surface area contributed by atoms with Gasteiger partial charge in [-0.3, -0.25) is 0 Å². The van der Waals surface area contributed by atoms with Gasteiger partial charge in [0.2, 0.25) is 0 Å². The van der Waals surface area contributed by atoms with Crippen molar-refractivity contribution in [3.63, 3.8) is 0 Å². The van der Waals surface area contributed by atoms with E-state index in [2.05, 4.69) is 46.2 Å². The van der Waals surface area contributed by atoms with Crippen LogP contribution in [0, 0.1) is 0 Å². The molecule has 2 heteroatoms. The molecule has 0 unspecified atom stereocenters. The van der Waals surface area contributed by atoms with Crippen LogP contribution in [-0.2, 0) is 0 Å². The molecule has 0 spiro atoms. The fourth-order valence-electron chi connectivity index (χ4n) is 2.54. The number of thioether (sulfide) groups is 1. The Hall–Kier alpha value is 0.0500. The van der Waals surface area contributed by atoms with Gasteiger partial charge >= 0.3 is 0 Å². The molecular weight excluding hydrogens is 190 g/mol. The first-order chi connectivity index (χ1) is 6.28. The van der Waals surface area contributed by atoms with E-state index in [9.17, 15) is 0 Å². The molecule has 0 saturated heterocycles. The second kappa shape index (κ2) is 3.90. The summed E-state index contributed by atoms with van der Waals surface area (Å²) in [5, 5.41) is 3.75. The van der Waals surface area contributed by atoms with Gasteiger partial charge in [0.25, 0.3) is 0 Å². The van der Waals surface area contributed by atoms with Crippen molar-refractivity contribution in [2.75, 3.05) is 6.26 Å². The Morgan fingerprint density at radius 2 is 1.79 bits per heavy atom. The van der Waals surface area contributed by atoms with E-state index in [1.807, 2.05) is 11.8 Å². The summed E-state index contributed by atoms with van der Waals surface area (Å²) in [6.07, 6.45) is 4.63. The smallest absolute Gasteiger partial charge is 0.0440 e. The van der Waals surface area contributed by atoms with E-state index in [1.54, 1.807) is 5.57 Å². The van der Waals surface area contributed by atoms with Gasteiger partial charge in [0, 0.05) is 16.0 Å². The minimum Gasteiger partial charge on any atom is -0.302 e. The summed E-state index contributed by atoms with van der Waals surface area (Å²) >= 11 is 1.89. The van der Waals surface area contributed by atoms with Crippen LogP contribution in [0.15, 0.2) is 10.5 Å². The van der Waals surface area contributed by atoms with Crippen LogP contribution in [0.2, 0.25) is 0 Å². The van der Waals surface area contributed by atoms with Gasteiger partial charge in [-0.2, -0.15) is 0 Å². The van der Waals surface area contributed by atoms with Gasteiger partial charge in [-0.05, 0) is 53.7 Å². The monoisotopic (exact) mass is 213 g/mol. The van der Waals surface area contributed by atoms with E-state index in [4.69, 9.17) is 0 Å². The predicted octanol–water partition coefficient (Wildman–Crippen LogP) is 3.56. The molecule has 14 heavy (non-hydrogen) atoms. The second-order valence-electron chi connectivity index (χ2n) is 5.45. The lowest BCUT2D eigenvalue weighted by molar-refractivity contribution is 0.298. The molecule has 1 N–H and O–H groups in total. The fraction of sp³-hybridized carbons (Fsp3) is 0.833. The third-order valence-electron chi connectivity index (χ3n) is 2.94. The van der Waals surface area contributed by atoms with Crippen LogP contribution in [0.5, 0.6) is 0 Å². The molecule has 1 nitrogen and oxygen atoms in total.